The van der Waals surface area contributed by atoms with Crippen molar-refractivity contribution in [2.24, 2.45) is 0 Å². The smallest absolute Gasteiger partial charge is 0.407 e. The molecule has 3 atom stereocenters. The van der Waals surface area contributed by atoms with Gasteiger partial charge in [0.15, 0.2) is 0 Å². The fourth-order valence-electron chi connectivity index (χ4n) is 5.31. The number of aliphatic hydroxyl groups excluding tert-OH is 1. The van der Waals surface area contributed by atoms with Crippen LogP contribution >= 0.6 is 0 Å². The first-order chi connectivity index (χ1) is 20.2. The van der Waals surface area contributed by atoms with E-state index < -0.39 is 17.8 Å². The molecule has 5 nitrogen and oxygen atoms in total. The molecule has 0 aliphatic carbocycles. The maximum Gasteiger partial charge on any atom is 0.407 e. The summed E-state index contributed by atoms with van der Waals surface area (Å²) >= 11 is 0. The lowest BCUT2D eigenvalue weighted by molar-refractivity contribution is 0.0234. The van der Waals surface area contributed by atoms with Gasteiger partial charge in [-0.2, -0.15) is 0 Å². The molecule has 0 bridgehead atoms. The first kappa shape index (κ1) is 31.0. The average Bonchev–Trinajstić information content (AvgIpc) is 2.96. The van der Waals surface area contributed by atoms with Crippen LogP contribution in [0.25, 0.3) is 0 Å². The highest BCUT2D eigenvalue weighted by Gasteiger charge is 2.30. The molecular weight excluding hydrogens is 520 g/mol. The number of hydrogen-bond donors (Lipinski definition) is 2. The maximum atomic E-state index is 12.9. The Kier molecular flexibility index (Phi) is 11.3. The largest absolute Gasteiger partial charge is 0.444 e. The number of carbonyl (C=O) groups excluding carboxylic acids is 1. The summed E-state index contributed by atoms with van der Waals surface area (Å²) in [4.78, 5) is 15.3. The number of nitrogens with zero attached hydrogens (tertiary/aromatic N) is 1. The van der Waals surface area contributed by atoms with Crippen molar-refractivity contribution in [1.29, 1.82) is 0 Å². The Morgan fingerprint density at radius 3 is 1.52 bits per heavy atom. The molecule has 4 rings (SSSR count). The summed E-state index contributed by atoms with van der Waals surface area (Å²) in [6, 6.07) is 40.7. The second-order valence-corrected chi connectivity index (χ2v) is 12.0. The summed E-state index contributed by atoms with van der Waals surface area (Å²) in [7, 11) is 0. The third kappa shape index (κ3) is 10.5. The Hall–Kier alpha value is -3.93. The van der Waals surface area contributed by atoms with Crippen LogP contribution in [-0.4, -0.2) is 39.9 Å². The van der Waals surface area contributed by atoms with Crippen LogP contribution in [0.5, 0.6) is 0 Å². The summed E-state index contributed by atoms with van der Waals surface area (Å²) in [6.07, 6.45) is 0.451. The third-order valence-electron chi connectivity index (χ3n) is 7.23. The molecule has 220 valence electrons. The molecule has 4 aromatic rings. The Bertz CT molecular complexity index is 1280. The van der Waals surface area contributed by atoms with Gasteiger partial charge in [-0.1, -0.05) is 121 Å². The van der Waals surface area contributed by atoms with E-state index in [2.05, 4.69) is 83.0 Å². The number of ether oxygens (including phenoxy) is 1. The Balaban J connectivity index is 1.64. The van der Waals surface area contributed by atoms with E-state index in [4.69, 9.17) is 4.74 Å². The molecule has 1 amide bonds. The van der Waals surface area contributed by atoms with Gasteiger partial charge < -0.3 is 15.2 Å². The van der Waals surface area contributed by atoms with Gasteiger partial charge in [-0.15, -0.1) is 0 Å². The normalized spacial score (nSPS) is 13.7. The van der Waals surface area contributed by atoms with Crippen molar-refractivity contribution in [3.05, 3.63) is 144 Å². The van der Waals surface area contributed by atoms with Gasteiger partial charge in [0, 0.05) is 25.2 Å². The Morgan fingerprint density at radius 1 is 0.690 bits per heavy atom. The molecule has 0 fully saturated rings. The van der Waals surface area contributed by atoms with Crippen molar-refractivity contribution < 1.29 is 14.6 Å². The van der Waals surface area contributed by atoms with Gasteiger partial charge in [0.1, 0.15) is 5.60 Å². The summed E-state index contributed by atoms with van der Waals surface area (Å²) < 4.78 is 5.61. The van der Waals surface area contributed by atoms with E-state index in [1.54, 1.807) is 0 Å². The van der Waals surface area contributed by atoms with Gasteiger partial charge in [0.2, 0.25) is 0 Å². The van der Waals surface area contributed by atoms with Crippen LogP contribution < -0.4 is 5.32 Å². The van der Waals surface area contributed by atoms with Crippen LogP contribution in [0.1, 0.15) is 49.4 Å². The predicted octanol–water partition coefficient (Wildman–Crippen LogP) is 7.19. The number of benzene rings is 4. The number of nitrogens with one attached hydrogen (secondary N) is 1. The van der Waals surface area contributed by atoms with Crippen LogP contribution in [0, 0.1) is 0 Å². The quantitative estimate of drug-likeness (QED) is 0.180. The second-order valence-electron chi connectivity index (χ2n) is 12.0. The molecule has 2 N–H and O–H groups in total. The third-order valence-corrected chi connectivity index (χ3v) is 7.23. The minimum absolute atomic E-state index is 0.202. The van der Waals surface area contributed by atoms with Gasteiger partial charge in [-0.3, -0.25) is 4.90 Å². The van der Waals surface area contributed by atoms with E-state index >= 15 is 0 Å². The van der Waals surface area contributed by atoms with E-state index in [0.29, 0.717) is 32.4 Å². The first-order valence-corrected chi connectivity index (χ1v) is 14.8. The SMILES string of the molecule is CC(C)(C)OC(=O)N[C@@H](Cc1ccccc1)C[C@H](O)[C@H](Cc1ccccc1)N(Cc1ccccc1)Cc1ccccc1. The molecule has 0 spiro atoms. The minimum Gasteiger partial charge on any atom is -0.444 e. The number of hydrogen-bond acceptors (Lipinski definition) is 4. The summed E-state index contributed by atoms with van der Waals surface area (Å²) in [5.74, 6) is 0. The summed E-state index contributed by atoms with van der Waals surface area (Å²) in [5, 5.41) is 15.1. The highest BCUT2D eigenvalue weighted by Crippen LogP contribution is 2.23. The molecule has 0 radical (unpaired) electrons. The van der Waals surface area contributed by atoms with Crippen molar-refractivity contribution in [3.8, 4) is 0 Å². The number of alkyl carbamates (subject to hydrolysis) is 1. The molecule has 42 heavy (non-hydrogen) atoms. The van der Waals surface area contributed by atoms with E-state index in [0.717, 1.165) is 11.1 Å². The first-order valence-electron chi connectivity index (χ1n) is 14.8. The highest BCUT2D eigenvalue weighted by atomic mass is 16.6. The van der Waals surface area contributed by atoms with Gasteiger partial charge >= 0.3 is 6.09 Å². The lowest BCUT2D eigenvalue weighted by Crippen LogP contribution is -2.49. The van der Waals surface area contributed by atoms with E-state index in [-0.39, 0.29) is 12.1 Å². The lowest BCUT2D eigenvalue weighted by atomic mass is 9.92. The lowest BCUT2D eigenvalue weighted by Gasteiger charge is -2.37. The molecule has 5 heteroatoms. The monoisotopic (exact) mass is 564 g/mol. The minimum atomic E-state index is -0.721. The molecule has 0 aliphatic rings. The van der Waals surface area contributed by atoms with Crippen molar-refractivity contribution >= 4 is 6.09 Å². The molecule has 0 saturated heterocycles. The highest BCUT2D eigenvalue weighted by molar-refractivity contribution is 5.68. The maximum absolute atomic E-state index is 12.9. The van der Waals surface area contributed by atoms with Crippen LogP contribution in [0.4, 0.5) is 4.79 Å². The Morgan fingerprint density at radius 2 is 1.10 bits per heavy atom. The fourth-order valence-corrected chi connectivity index (χ4v) is 5.31. The molecule has 0 aromatic heterocycles. The van der Waals surface area contributed by atoms with Crippen molar-refractivity contribution in [3.63, 3.8) is 0 Å². The summed E-state index contributed by atoms with van der Waals surface area (Å²) in [6.45, 7) is 6.94. The van der Waals surface area contributed by atoms with Crippen LogP contribution in [0.15, 0.2) is 121 Å². The number of carbonyl (C=O) groups is 1. The van der Waals surface area contributed by atoms with Crippen molar-refractivity contribution in [2.45, 2.75) is 76.9 Å². The second kappa shape index (κ2) is 15.3. The molecule has 0 saturated carbocycles. The number of aliphatic hydroxyl groups is 1. The van der Waals surface area contributed by atoms with Crippen LogP contribution in [0.3, 0.4) is 0 Å². The fraction of sp³-hybridized carbons (Fsp3) is 0.324. The number of amides is 1. The van der Waals surface area contributed by atoms with E-state index in [9.17, 15) is 9.90 Å². The van der Waals surface area contributed by atoms with Gasteiger partial charge in [0.05, 0.1) is 6.10 Å². The van der Waals surface area contributed by atoms with Gasteiger partial charge in [-0.25, -0.2) is 4.79 Å². The van der Waals surface area contributed by atoms with Gasteiger partial charge in [-0.05, 0) is 62.3 Å². The Labute approximate surface area is 251 Å². The van der Waals surface area contributed by atoms with E-state index in [1.807, 2.05) is 69.3 Å². The predicted molar refractivity (Wildman–Crippen MR) is 170 cm³/mol. The number of rotatable bonds is 13. The molecule has 0 heterocycles. The summed E-state index contributed by atoms with van der Waals surface area (Å²) in [5.41, 5.74) is 4.01. The molecule has 0 aliphatic heterocycles. The van der Waals surface area contributed by atoms with Gasteiger partial charge in [0.25, 0.3) is 0 Å². The average molecular weight is 565 g/mol. The zero-order chi connectivity index (χ0) is 29.8. The molecule has 4 aromatic carbocycles. The molecule has 0 unspecified atom stereocenters. The van der Waals surface area contributed by atoms with Crippen LogP contribution in [-0.2, 0) is 30.7 Å². The zero-order valence-corrected chi connectivity index (χ0v) is 25.0. The standard InChI is InChI=1S/C37H44N2O3/c1-37(2,3)42-36(41)38-33(24-29-16-8-4-9-17-29)26-35(40)34(25-30-18-10-5-11-19-30)39(27-31-20-12-6-13-21-31)28-32-22-14-7-15-23-32/h4-23,33-35,40H,24-28H2,1-3H3,(H,38,41)/t33-,34-,35-/m0/s1. The molecular formula is C37H44N2O3. The van der Waals surface area contributed by atoms with Crippen molar-refractivity contribution in [1.82, 2.24) is 10.2 Å². The van der Waals surface area contributed by atoms with Crippen molar-refractivity contribution in [2.75, 3.05) is 0 Å². The topological polar surface area (TPSA) is 61.8 Å². The van der Waals surface area contributed by atoms with Crippen LogP contribution in [0.2, 0.25) is 0 Å². The zero-order valence-electron chi connectivity index (χ0n) is 25.0. The van der Waals surface area contributed by atoms with E-state index in [1.165, 1.54) is 11.1 Å².